The van der Waals surface area contributed by atoms with E-state index in [2.05, 4.69) is 99.5 Å². The first-order valence-electron chi connectivity index (χ1n) is 9.24. The van der Waals surface area contributed by atoms with Gasteiger partial charge in [0.1, 0.15) is 0 Å². The van der Waals surface area contributed by atoms with Gasteiger partial charge in [-0.15, -0.1) is 0 Å². The molecule has 0 amide bonds. The van der Waals surface area contributed by atoms with Gasteiger partial charge in [-0.25, -0.2) is 0 Å². The van der Waals surface area contributed by atoms with E-state index < -0.39 is 0 Å². The molecule has 0 aromatic carbocycles. The van der Waals surface area contributed by atoms with Gasteiger partial charge in [-0.2, -0.15) is 9.13 Å². The van der Waals surface area contributed by atoms with Gasteiger partial charge in [0.05, 0.1) is 0 Å². The van der Waals surface area contributed by atoms with Crippen molar-refractivity contribution in [3.63, 3.8) is 0 Å². The summed E-state index contributed by atoms with van der Waals surface area (Å²) in [6.45, 7) is 21.4. The summed E-state index contributed by atoms with van der Waals surface area (Å²) >= 11 is 0. The van der Waals surface area contributed by atoms with E-state index in [1.165, 1.54) is 11.4 Å². The zero-order chi connectivity index (χ0) is 19.0. The SMILES string of the molecule is CC.CC.CC(C)(C)[n+]1ccccc1-c1cccc[n+]1C(C)(C)C. The number of hydrogen-bond acceptors (Lipinski definition) is 0. The second kappa shape index (κ2) is 9.56. The molecule has 2 aromatic rings. The van der Waals surface area contributed by atoms with Crippen LogP contribution in [0.15, 0.2) is 48.8 Å². The van der Waals surface area contributed by atoms with Crippen molar-refractivity contribution in [3.8, 4) is 11.4 Å². The standard InChI is InChI=1S/C18H26N2.2C2H6/c1-17(2,3)19-13-9-7-11-15(19)16-12-8-10-14-20(16)18(4,5)6;2*1-2/h7-14H,1-6H3;2*1-2H3/q+2;;. The Labute approximate surface area is 150 Å². The van der Waals surface area contributed by atoms with Crippen molar-refractivity contribution in [2.45, 2.75) is 80.3 Å². The van der Waals surface area contributed by atoms with Crippen LogP contribution in [0.4, 0.5) is 0 Å². The maximum atomic E-state index is 2.34. The Morgan fingerprint density at radius 2 is 0.833 bits per heavy atom. The molecule has 0 unspecified atom stereocenters. The normalized spacial score (nSPS) is 10.9. The number of hydrogen-bond donors (Lipinski definition) is 0. The first kappa shape index (κ1) is 22.3. The summed E-state index contributed by atoms with van der Waals surface area (Å²) in [7, 11) is 0. The molecule has 0 saturated heterocycles. The molecule has 0 aliphatic rings. The Hall–Kier alpha value is -1.70. The molecule has 24 heavy (non-hydrogen) atoms. The van der Waals surface area contributed by atoms with Gasteiger partial charge in [0, 0.05) is 65.8 Å². The number of pyridine rings is 2. The lowest BCUT2D eigenvalue weighted by molar-refractivity contribution is -0.770. The van der Waals surface area contributed by atoms with Crippen molar-refractivity contribution in [3.05, 3.63) is 48.8 Å². The molecule has 2 heteroatoms. The molecule has 2 heterocycles. The van der Waals surface area contributed by atoms with Crippen molar-refractivity contribution in [2.24, 2.45) is 0 Å². The summed E-state index contributed by atoms with van der Waals surface area (Å²) in [6, 6.07) is 12.8. The highest BCUT2D eigenvalue weighted by Gasteiger charge is 2.33. The van der Waals surface area contributed by atoms with E-state index in [9.17, 15) is 0 Å². The Kier molecular flexibility index (Phi) is 8.88. The average molecular weight is 331 g/mol. The molecule has 0 fully saturated rings. The van der Waals surface area contributed by atoms with Gasteiger partial charge < -0.3 is 0 Å². The van der Waals surface area contributed by atoms with Crippen molar-refractivity contribution in [2.75, 3.05) is 0 Å². The van der Waals surface area contributed by atoms with Crippen LogP contribution in [-0.4, -0.2) is 0 Å². The molecule has 134 valence electrons. The fraction of sp³-hybridized carbons (Fsp3) is 0.545. The summed E-state index contributed by atoms with van der Waals surface area (Å²) in [4.78, 5) is 0. The van der Waals surface area contributed by atoms with Crippen LogP contribution in [0.25, 0.3) is 11.4 Å². The third-order valence-corrected chi connectivity index (χ3v) is 3.43. The van der Waals surface area contributed by atoms with E-state index in [0.717, 1.165) is 0 Å². The minimum atomic E-state index is 0.0577. The molecule has 2 aromatic heterocycles. The van der Waals surface area contributed by atoms with Gasteiger partial charge in [0.25, 0.3) is 11.4 Å². The highest BCUT2D eigenvalue weighted by molar-refractivity contribution is 5.46. The van der Waals surface area contributed by atoms with Crippen LogP contribution >= 0.6 is 0 Å². The van der Waals surface area contributed by atoms with Crippen molar-refractivity contribution < 1.29 is 9.13 Å². The quantitative estimate of drug-likeness (QED) is 0.611. The average Bonchev–Trinajstić information content (AvgIpc) is 2.57. The molecular formula is C22H38N2+2. The molecule has 0 spiro atoms. The lowest BCUT2D eigenvalue weighted by Crippen LogP contribution is -2.56. The van der Waals surface area contributed by atoms with Gasteiger partial charge in [-0.1, -0.05) is 27.7 Å². The van der Waals surface area contributed by atoms with Crippen LogP contribution in [0.5, 0.6) is 0 Å². The molecule has 0 aliphatic heterocycles. The molecule has 2 rings (SSSR count). The Morgan fingerprint density at radius 1 is 0.542 bits per heavy atom. The fourth-order valence-electron chi connectivity index (χ4n) is 2.47. The maximum absolute atomic E-state index is 2.34. The number of rotatable bonds is 1. The largest absolute Gasteiger partial charge is 0.277 e. The zero-order valence-electron chi connectivity index (χ0n) is 17.5. The molecule has 2 nitrogen and oxygen atoms in total. The predicted molar refractivity (Wildman–Crippen MR) is 105 cm³/mol. The van der Waals surface area contributed by atoms with Crippen LogP contribution in [0.1, 0.15) is 69.2 Å². The van der Waals surface area contributed by atoms with E-state index in [1.807, 2.05) is 27.7 Å². The summed E-state index contributed by atoms with van der Waals surface area (Å²) in [5.74, 6) is 0. The van der Waals surface area contributed by atoms with Crippen LogP contribution in [0.3, 0.4) is 0 Å². The Balaban J connectivity index is 0.00000123. The summed E-state index contributed by atoms with van der Waals surface area (Å²) in [5.41, 5.74) is 2.61. The second-order valence-electron chi connectivity index (χ2n) is 7.25. The van der Waals surface area contributed by atoms with E-state index in [1.54, 1.807) is 0 Å². The van der Waals surface area contributed by atoms with Gasteiger partial charge in [-0.3, -0.25) is 0 Å². The van der Waals surface area contributed by atoms with E-state index >= 15 is 0 Å². The highest BCUT2D eigenvalue weighted by Crippen LogP contribution is 2.18. The second-order valence-corrected chi connectivity index (χ2v) is 7.25. The minimum Gasteiger partial charge on any atom is -0.189 e. The fourth-order valence-corrected chi connectivity index (χ4v) is 2.47. The minimum absolute atomic E-state index is 0.0577. The predicted octanol–water partition coefficient (Wildman–Crippen LogP) is 5.49. The summed E-state index contributed by atoms with van der Waals surface area (Å²) in [6.07, 6.45) is 4.32. The monoisotopic (exact) mass is 330 g/mol. The highest BCUT2D eigenvalue weighted by atomic mass is 15.1. The maximum Gasteiger partial charge on any atom is 0.277 e. The molecule has 0 saturated carbocycles. The van der Waals surface area contributed by atoms with E-state index in [4.69, 9.17) is 0 Å². The van der Waals surface area contributed by atoms with Crippen LogP contribution < -0.4 is 9.13 Å². The van der Waals surface area contributed by atoms with Crippen LogP contribution in [0, 0.1) is 0 Å². The topological polar surface area (TPSA) is 7.76 Å². The van der Waals surface area contributed by atoms with Gasteiger partial charge >= 0.3 is 0 Å². The molecule has 0 N–H and O–H groups in total. The molecule has 0 atom stereocenters. The van der Waals surface area contributed by atoms with Gasteiger partial charge in [-0.05, 0) is 12.1 Å². The Morgan fingerprint density at radius 3 is 1.08 bits per heavy atom. The van der Waals surface area contributed by atoms with Gasteiger partial charge in [0.15, 0.2) is 23.5 Å². The van der Waals surface area contributed by atoms with E-state index in [-0.39, 0.29) is 11.1 Å². The molecule has 0 bridgehead atoms. The molecular weight excluding hydrogens is 292 g/mol. The first-order chi connectivity index (χ1) is 11.2. The third kappa shape index (κ3) is 5.74. The summed E-state index contributed by atoms with van der Waals surface area (Å²) < 4.78 is 4.68. The third-order valence-electron chi connectivity index (χ3n) is 3.43. The van der Waals surface area contributed by atoms with E-state index in [0.29, 0.717) is 0 Å². The number of aromatic nitrogens is 2. The lowest BCUT2D eigenvalue weighted by Gasteiger charge is -2.19. The summed E-state index contributed by atoms with van der Waals surface area (Å²) in [5, 5.41) is 0. The van der Waals surface area contributed by atoms with Crippen molar-refractivity contribution in [1.29, 1.82) is 0 Å². The van der Waals surface area contributed by atoms with Crippen LogP contribution in [0.2, 0.25) is 0 Å². The zero-order valence-corrected chi connectivity index (χ0v) is 17.5. The Bertz CT molecular complexity index is 546. The van der Waals surface area contributed by atoms with Crippen molar-refractivity contribution in [1.82, 2.24) is 0 Å². The lowest BCUT2D eigenvalue weighted by atomic mass is 10.0. The molecule has 0 radical (unpaired) electrons. The van der Waals surface area contributed by atoms with Crippen LogP contribution in [-0.2, 0) is 11.1 Å². The smallest absolute Gasteiger partial charge is 0.189 e. The van der Waals surface area contributed by atoms with Gasteiger partial charge in [0.2, 0.25) is 0 Å². The first-order valence-corrected chi connectivity index (χ1v) is 9.24. The van der Waals surface area contributed by atoms with Crippen molar-refractivity contribution >= 4 is 0 Å². The number of nitrogens with zero attached hydrogens (tertiary/aromatic N) is 2. The molecule has 0 aliphatic carbocycles.